The van der Waals surface area contributed by atoms with Gasteiger partial charge < -0.3 is 15.8 Å². The Labute approximate surface area is 122 Å². The fraction of sp³-hybridized carbons (Fsp3) is 0.125. The largest absolute Gasteiger partial charge is 0.449 e. The number of aliphatic imine (C=N–C) groups is 1. The van der Waals surface area contributed by atoms with Gasteiger partial charge in [-0.1, -0.05) is 30.3 Å². The van der Waals surface area contributed by atoms with Crippen LogP contribution >= 0.6 is 0 Å². The van der Waals surface area contributed by atoms with Crippen molar-refractivity contribution in [1.29, 1.82) is 0 Å². The van der Waals surface area contributed by atoms with E-state index >= 15 is 0 Å². The molecule has 21 heavy (non-hydrogen) atoms. The van der Waals surface area contributed by atoms with E-state index in [1.54, 1.807) is 0 Å². The van der Waals surface area contributed by atoms with Crippen molar-refractivity contribution in [2.75, 3.05) is 5.32 Å². The fourth-order valence-corrected chi connectivity index (χ4v) is 2.16. The van der Waals surface area contributed by atoms with Crippen molar-refractivity contribution in [3.8, 4) is 0 Å². The van der Waals surface area contributed by atoms with Crippen LogP contribution in [-0.4, -0.2) is 12.3 Å². The number of hydrogen-bond acceptors (Lipinski definition) is 5. The second-order valence-corrected chi connectivity index (χ2v) is 4.68. The average Bonchev–Trinajstić information content (AvgIpc) is 2.55. The quantitative estimate of drug-likeness (QED) is 0.847. The highest BCUT2D eigenvalue weighted by molar-refractivity contribution is 5.94. The van der Waals surface area contributed by atoms with Crippen molar-refractivity contribution in [3.05, 3.63) is 59.7 Å². The summed E-state index contributed by atoms with van der Waals surface area (Å²) < 4.78 is 5.57. The Balaban J connectivity index is 1.85. The Morgan fingerprint density at radius 2 is 1.95 bits per heavy atom. The molecule has 0 spiro atoms. The molecule has 3 rings (SSSR count). The molecule has 5 heteroatoms. The first-order valence-electron chi connectivity index (χ1n) is 6.66. The number of carbonyl (C=O) groups is 1. The molecule has 1 aliphatic rings. The van der Waals surface area contributed by atoms with Crippen LogP contribution in [0.4, 0.5) is 11.4 Å². The van der Waals surface area contributed by atoms with Crippen molar-refractivity contribution in [2.24, 2.45) is 10.7 Å². The summed E-state index contributed by atoms with van der Waals surface area (Å²) in [5, 5.41) is 3.07. The number of fused-ring (bicyclic) bond motifs is 1. The zero-order chi connectivity index (χ0) is 14.7. The summed E-state index contributed by atoms with van der Waals surface area (Å²) in [4.78, 5) is 15.6. The second-order valence-electron chi connectivity index (χ2n) is 4.68. The van der Waals surface area contributed by atoms with Gasteiger partial charge in [-0.25, -0.2) is 0 Å². The van der Waals surface area contributed by atoms with E-state index in [-0.39, 0.29) is 0 Å². The van der Waals surface area contributed by atoms with Crippen molar-refractivity contribution in [2.45, 2.75) is 12.6 Å². The number of carbonyl (C=O) groups excluding carboxylic acids is 1. The molecular formula is C16H15N3O2. The molecule has 1 heterocycles. The van der Waals surface area contributed by atoms with Crippen LogP contribution in [0.15, 0.2) is 53.5 Å². The number of amidine groups is 1. The fourth-order valence-electron chi connectivity index (χ4n) is 2.16. The summed E-state index contributed by atoms with van der Waals surface area (Å²) in [6, 6.07) is 15.4. The van der Waals surface area contributed by atoms with Crippen molar-refractivity contribution >= 4 is 23.7 Å². The third-order valence-corrected chi connectivity index (χ3v) is 3.27. The number of hydrogen-bond donors (Lipinski definition) is 2. The molecule has 1 unspecified atom stereocenters. The highest BCUT2D eigenvalue weighted by Crippen LogP contribution is 2.31. The molecule has 0 bridgehead atoms. The van der Waals surface area contributed by atoms with Gasteiger partial charge in [0, 0.05) is 17.8 Å². The Morgan fingerprint density at radius 1 is 1.19 bits per heavy atom. The summed E-state index contributed by atoms with van der Waals surface area (Å²) in [6.45, 7) is 0.498. The van der Waals surface area contributed by atoms with E-state index < -0.39 is 6.10 Å². The van der Waals surface area contributed by atoms with E-state index in [0.717, 1.165) is 28.8 Å². The molecule has 1 aliphatic heterocycles. The Kier molecular flexibility index (Phi) is 3.66. The molecule has 0 amide bonds. The number of benzene rings is 2. The standard InChI is InChI=1S/C16H15N3O2/c17-9-11-5-7-12(8-6-11)18-16-19-14-4-2-1-3-13(14)15(10-20)21-16/h1-8,10,15H,9,17H2,(H,18,19). The van der Waals surface area contributed by atoms with Gasteiger partial charge in [-0.05, 0) is 23.8 Å². The number of nitrogens with zero attached hydrogens (tertiary/aromatic N) is 1. The normalized spacial score (nSPS) is 16.4. The van der Waals surface area contributed by atoms with Crippen LogP contribution < -0.4 is 11.1 Å². The second kappa shape index (κ2) is 5.76. The number of rotatable bonds is 3. The van der Waals surface area contributed by atoms with Gasteiger partial charge in [0.1, 0.15) is 0 Å². The molecule has 3 N–H and O–H groups in total. The molecule has 106 valence electrons. The first kappa shape index (κ1) is 13.3. The summed E-state index contributed by atoms with van der Waals surface area (Å²) in [7, 11) is 0. The summed E-state index contributed by atoms with van der Waals surface area (Å²) in [5.74, 6) is 0. The van der Waals surface area contributed by atoms with E-state index in [1.165, 1.54) is 0 Å². The summed E-state index contributed by atoms with van der Waals surface area (Å²) in [6.07, 6.45) is 0.136. The maximum Gasteiger partial charge on any atom is 0.295 e. The maximum atomic E-state index is 11.2. The lowest BCUT2D eigenvalue weighted by Crippen LogP contribution is -2.23. The number of anilines is 1. The molecule has 0 aromatic heterocycles. The highest BCUT2D eigenvalue weighted by Gasteiger charge is 2.23. The highest BCUT2D eigenvalue weighted by atomic mass is 16.5. The van der Waals surface area contributed by atoms with Gasteiger partial charge in [0.2, 0.25) is 0 Å². The predicted molar refractivity (Wildman–Crippen MR) is 81.4 cm³/mol. The minimum Gasteiger partial charge on any atom is -0.449 e. The summed E-state index contributed by atoms with van der Waals surface area (Å²) >= 11 is 0. The van der Waals surface area contributed by atoms with Crippen LogP contribution in [0.2, 0.25) is 0 Å². The third kappa shape index (κ3) is 2.78. The number of aldehydes is 1. The molecule has 0 aliphatic carbocycles. The van der Waals surface area contributed by atoms with Crippen LogP contribution in [0.1, 0.15) is 17.2 Å². The maximum absolute atomic E-state index is 11.2. The SMILES string of the molecule is NCc1ccc(NC2=Nc3ccccc3C(C=O)O2)cc1. The molecular weight excluding hydrogens is 266 g/mol. The van der Waals surface area contributed by atoms with Gasteiger partial charge in [-0.15, -0.1) is 0 Å². The number of para-hydroxylation sites is 1. The van der Waals surface area contributed by atoms with E-state index in [1.807, 2.05) is 48.5 Å². The zero-order valence-corrected chi connectivity index (χ0v) is 11.3. The van der Waals surface area contributed by atoms with Crippen molar-refractivity contribution in [3.63, 3.8) is 0 Å². The van der Waals surface area contributed by atoms with E-state index in [0.29, 0.717) is 12.6 Å². The zero-order valence-electron chi connectivity index (χ0n) is 11.3. The smallest absolute Gasteiger partial charge is 0.295 e. The lowest BCUT2D eigenvalue weighted by Gasteiger charge is -2.22. The molecule has 2 aromatic carbocycles. The molecule has 0 saturated heterocycles. The van der Waals surface area contributed by atoms with Crippen LogP contribution in [-0.2, 0) is 16.1 Å². The Bertz CT molecular complexity index is 680. The minimum absolute atomic E-state index is 0.311. The Hall–Kier alpha value is -2.66. The molecule has 1 atom stereocenters. The molecule has 2 aromatic rings. The summed E-state index contributed by atoms with van der Waals surface area (Å²) in [5.41, 5.74) is 8.95. The molecule has 0 fully saturated rings. The average molecular weight is 281 g/mol. The number of nitrogens with two attached hydrogens (primary N) is 1. The van der Waals surface area contributed by atoms with Gasteiger partial charge in [-0.2, -0.15) is 4.99 Å². The Morgan fingerprint density at radius 3 is 2.67 bits per heavy atom. The molecule has 5 nitrogen and oxygen atoms in total. The van der Waals surface area contributed by atoms with Crippen molar-refractivity contribution < 1.29 is 9.53 Å². The van der Waals surface area contributed by atoms with Gasteiger partial charge in [0.15, 0.2) is 12.4 Å². The lowest BCUT2D eigenvalue weighted by atomic mass is 10.1. The van der Waals surface area contributed by atoms with Gasteiger partial charge in [0.25, 0.3) is 6.02 Å². The number of nitrogens with one attached hydrogen (secondary N) is 1. The van der Waals surface area contributed by atoms with E-state index in [4.69, 9.17) is 10.5 Å². The first-order chi connectivity index (χ1) is 10.3. The third-order valence-electron chi connectivity index (χ3n) is 3.27. The van der Waals surface area contributed by atoms with Crippen LogP contribution in [0.3, 0.4) is 0 Å². The monoisotopic (exact) mass is 281 g/mol. The predicted octanol–water partition coefficient (Wildman–Crippen LogP) is 2.52. The van der Waals surface area contributed by atoms with Gasteiger partial charge in [0.05, 0.1) is 5.69 Å². The number of ether oxygens (including phenoxy) is 1. The molecule has 0 radical (unpaired) electrons. The first-order valence-corrected chi connectivity index (χ1v) is 6.66. The van der Waals surface area contributed by atoms with Gasteiger partial charge >= 0.3 is 0 Å². The van der Waals surface area contributed by atoms with Gasteiger partial charge in [-0.3, -0.25) is 4.79 Å². The van der Waals surface area contributed by atoms with E-state index in [9.17, 15) is 4.79 Å². The van der Waals surface area contributed by atoms with Crippen LogP contribution in [0.5, 0.6) is 0 Å². The van der Waals surface area contributed by atoms with Crippen LogP contribution in [0.25, 0.3) is 0 Å². The van der Waals surface area contributed by atoms with E-state index in [2.05, 4.69) is 10.3 Å². The molecule has 0 saturated carbocycles. The van der Waals surface area contributed by atoms with Crippen molar-refractivity contribution in [1.82, 2.24) is 0 Å². The topological polar surface area (TPSA) is 76.7 Å². The van der Waals surface area contributed by atoms with Crippen LogP contribution in [0, 0.1) is 0 Å². The lowest BCUT2D eigenvalue weighted by molar-refractivity contribution is -0.114. The minimum atomic E-state index is -0.635.